The Labute approximate surface area is 200 Å². The molecule has 0 spiro atoms. The standard InChI is InChI=1S/C25H33N5O4/c1-16-13-21(26-5)29-23(27-16)28-18-14-19(22-20(15-18)32-11-12-33-22)17-7-6-9-30(10-8-17)24(31)34-25(2,3)4/h8,13-15H,6-7,9-12H2,1-5H3,(H2,26,27,28,29). The molecule has 1 amide bonds. The van der Waals surface area contributed by atoms with E-state index in [1.165, 1.54) is 0 Å². The molecule has 0 bridgehead atoms. The lowest BCUT2D eigenvalue weighted by molar-refractivity contribution is 0.0273. The lowest BCUT2D eigenvalue weighted by Gasteiger charge is -2.25. The molecule has 1 aromatic heterocycles. The van der Waals surface area contributed by atoms with Gasteiger partial charge in [0.05, 0.1) is 0 Å². The van der Waals surface area contributed by atoms with Crippen LogP contribution in [0.25, 0.3) is 5.57 Å². The average molecular weight is 468 g/mol. The summed E-state index contributed by atoms with van der Waals surface area (Å²) in [6, 6.07) is 5.83. The summed E-state index contributed by atoms with van der Waals surface area (Å²) in [6.45, 7) is 9.66. The lowest BCUT2D eigenvalue weighted by Crippen LogP contribution is -2.37. The molecule has 9 nitrogen and oxygen atoms in total. The summed E-state index contributed by atoms with van der Waals surface area (Å²) in [7, 11) is 1.83. The Morgan fingerprint density at radius 1 is 1.15 bits per heavy atom. The largest absolute Gasteiger partial charge is 0.486 e. The summed E-state index contributed by atoms with van der Waals surface area (Å²) in [6.07, 6.45) is 3.42. The lowest BCUT2D eigenvalue weighted by atomic mass is 9.98. The molecule has 2 N–H and O–H groups in total. The van der Waals surface area contributed by atoms with Gasteiger partial charge >= 0.3 is 6.09 Å². The number of allylic oxidation sites excluding steroid dienone is 1. The van der Waals surface area contributed by atoms with Gasteiger partial charge in [-0.05, 0) is 52.2 Å². The number of rotatable bonds is 4. The van der Waals surface area contributed by atoms with Crippen LogP contribution in [0.4, 0.5) is 22.2 Å². The highest BCUT2D eigenvalue weighted by Gasteiger charge is 2.25. The van der Waals surface area contributed by atoms with Gasteiger partial charge in [0.15, 0.2) is 11.5 Å². The fraction of sp³-hybridized carbons (Fsp3) is 0.480. The molecular weight excluding hydrogens is 434 g/mol. The van der Waals surface area contributed by atoms with Crippen LogP contribution in [-0.2, 0) is 4.74 Å². The first-order valence-electron chi connectivity index (χ1n) is 11.6. The van der Waals surface area contributed by atoms with Crippen molar-refractivity contribution in [3.63, 3.8) is 0 Å². The second kappa shape index (κ2) is 9.79. The number of carbonyl (C=O) groups is 1. The van der Waals surface area contributed by atoms with E-state index in [4.69, 9.17) is 14.2 Å². The van der Waals surface area contributed by atoms with Gasteiger partial charge in [-0.3, -0.25) is 0 Å². The Bertz CT molecular complexity index is 1090. The Balaban J connectivity index is 1.63. The van der Waals surface area contributed by atoms with Gasteiger partial charge in [-0.1, -0.05) is 6.08 Å². The van der Waals surface area contributed by atoms with Crippen molar-refractivity contribution in [2.24, 2.45) is 0 Å². The number of hydrogen-bond donors (Lipinski definition) is 2. The number of aryl methyl sites for hydroxylation is 1. The zero-order valence-electron chi connectivity index (χ0n) is 20.5. The molecule has 9 heteroatoms. The molecule has 2 aliphatic heterocycles. The van der Waals surface area contributed by atoms with Gasteiger partial charge in [-0.25, -0.2) is 9.78 Å². The van der Waals surface area contributed by atoms with Gasteiger partial charge in [-0.15, -0.1) is 0 Å². The second-order valence-electron chi connectivity index (χ2n) is 9.40. The number of nitrogens with one attached hydrogen (secondary N) is 2. The van der Waals surface area contributed by atoms with Crippen LogP contribution in [0.15, 0.2) is 24.3 Å². The maximum Gasteiger partial charge on any atom is 0.410 e. The summed E-state index contributed by atoms with van der Waals surface area (Å²) in [5, 5.41) is 6.36. The third-order valence-electron chi connectivity index (χ3n) is 5.44. The van der Waals surface area contributed by atoms with Crippen molar-refractivity contribution < 1.29 is 19.0 Å². The minimum absolute atomic E-state index is 0.293. The predicted molar refractivity (Wildman–Crippen MR) is 132 cm³/mol. The van der Waals surface area contributed by atoms with E-state index in [9.17, 15) is 4.79 Å². The van der Waals surface area contributed by atoms with E-state index in [1.54, 1.807) is 4.90 Å². The topological polar surface area (TPSA) is 97.8 Å². The Kier molecular flexibility index (Phi) is 6.81. The van der Waals surface area contributed by atoms with Crippen molar-refractivity contribution in [1.82, 2.24) is 14.9 Å². The Hall–Kier alpha value is -3.49. The third kappa shape index (κ3) is 5.70. The maximum absolute atomic E-state index is 12.6. The molecule has 3 heterocycles. The highest BCUT2D eigenvalue weighted by atomic mass is 16.6. The number of amides is 1. The molecule has 2 aromatic rings. The van der Waals surface area contributed by atoms with E-state index >= 15 is 0 Å². The minimum atomic E-state index is -0.523. The summed E-state index contributed by atoms with van der Waals surface area (Å²) in [5.74, 6) is 2.65. The van der Waals surface area contributed by atoms with Gasteiger partial charge in [0.2, 0.25) is 5.95 Å². The van der Waals surface area contributed by atoms with Gasteiger partial charge in [-0.2, -0.15) is 4.98 Å². The quantitative estimate of drug-likeness (QED) is 0.665. The minimum Gasteiger partial charge on any atom is -0.486 e. The van der Waals surface area contributed by atoms with Crippen LogP contribution < -0.4 is 20.1 Å². The Morgan fingerprint density at radius 2 is 1.94 bits per heavy atom. The Morgan fingerprint density at radius 3 is 2.71 bits per heavy atom. The highest BCUT2D eigenvalue weighted by Crippen LogP contribution is 2.42. The molecule has 0 unspecified atom stereocenters. The van der Waals surface area contributed by atoms with Crippen LogP contribution in [0.1, 0.15) is 44.9 Å². The molecule has 34 heavy (non-hydrogen) atoms. The zero-order valence-corrected chi connectivity index (χ0v) is 20.5. The van der Waals surface area contributed by atoms with Crippen LogP contribution in [0.3, 0.4) is 0 Å². The number of carbonyl (C=O) groups excluding carboxylic acids is 1. The molecule has 0 saturated heterocycles. The van der Waals surface area contributed by atoms with Crippen molar-refractivity contribution in [2.45, 2.75) is 46.1 Å². The highest BCUT2D eigenvalue weighted by molar-refractivity contribution is 5.79. The van der Waals surface area contributed by atoms with Gasteiger partial charge in [0, 0.05) is 49.2 Å². The maximum atomic E-state index is 12.6. The van der Waals surface area contributed by atoms with Crippen LogP contribution in [0, 0.1) is 6.92 Å². The molecule has 0 saturated carbocycles. The van der Waals surface area contributed by atoms with Crippen molar-refractivity contribution in [2.75, 3.05) is 44.0 Å². The molecule has 0 radical (unpaired) electrons. The number of fused-ring (bicyclic) bond motifs is 1. The molecular formula is C25H33N5O4. The summed E-state index contributed by atoms with van der Waals surface area (Å²) < 4.78 is 17.5. The SMILES string of the molecule is CNc1cc(C)nc(Nc2cc3c(c(C4=CCN(C(=O)OC(C)(C)C)CCC4)c2)OCCO3)n1. The number of nitrogens with zero attached hydrogens (tertiary/aromatic N) is 3. The van der Waals surface area contributed by atoms with Crippen molar-refractivity contribution in [3.05, 3.63) is 35.5 Å². The molecule has 182 valence electrons. The van der Waals surface area contributed by atoms with Crippen LogP contribution in [0.2, 0.25) is 0 Å². The first kappa shape index (κ1) is 23.7. The normalized spacial score (nSPS) is 15.8. The van der Waals surface area contributed by atoms with E-state index in [2.05, 4.69) is 26.7 Å². The van der Waals surface area contributed by atoms with E-state index in [-0.39, 0.29) is 6.09 Å². The fourth-order valence-corrected chi connectivity index (χ4v) is 3.96. The van der Waals surface area contributed by atoms with Gasteiger partial charge < -0.3 is 29.7 Å². The molecule has 4 rings (SSSR count). The van der Waals surface area contributed by atoms with Crippen LogP contribution in [0.5, 0.6) is 11.5 Å². The van der Waals surface area contributed by atoms with Crippen molar-refractivity contribution in [3.8, 4) is 11.5 Å². The number of ether oxygens (including phenoxy) is 3. The smallest absolute Gasteiger partial charge is 0.410 e. The first-order valence-corrected chi connectivity index (χ1v) is 11.6. The van der Waals surface area contributed by atoms with E-state index in [0.717, 1.165) is 46.9 Å². The summed E-state index contributed by atoms with van der Waals surface area (Å²) in [5.41, 5.74) is 3.20. The van der Waals surface area contributed by atoms with E-state index < -0.39 is 5.60 Å². The van der Waals surface area contributed by atoms with E-state index in [1.807, 2.05) is 52.9 Å². The van der Waals surface area contributed by atoms with Crippen LogP contribution >= 0.6 is 0 Å². The molecule has 1 aromatic carbocycles. The number of benzene rings is 1. The predicted octanol–water partition coefficient (Wildman–Crippen LogP) is 4.76. The molecule has 2 aliphatic rings. The van der Waals surface area contributed by atoms with Crippen molar-refractivity contribution in [1.29, 1.82) is 0 Å². The summed E-state index contributed by atoms with van der Waals surface area (Å²) >= 11 is 0. The summed E-state index contributed by atoms with van der Waals surface area (Å²) in [4.78, 5) is 23.3. The van der Waals surface area contributed by atoms with E-state index in [0.29, 0.717) is 38.0 Å². The monoisotopic (exact) mass is 467 g/mol. The van der Waals surface area contributed by atoms with Crippen LogP contribution in [-0.4, -0.2) is 59.9 Å². The number of aromatic nitrogens is 2. The average Bonchev–Trinajstić information content (AvgIpc) is 3.03. The number of hydrogen-bond acceptors (Lipinski definition) is 8. The fourth-order valence-electron chi connectivity index (χ4n) is 3.96. The number of anilines is 3. The van der Waals surface area contributed by atoms with Gasteiger partial charge in [0.25, 0.3) is 0 Å². The molecule has 0 aliphatic carbocycles. The van der Waals surface area contributed by atoms with Gasteiger partial charge in [0.1, 0.15) is 24.6 Å². The van der Waals surface area contributed by atoms with Crippen molar-refractivity contribution >= 4 is 29.1 Å². The second-order valence-corrected chi connectivity index (χ2v) is 9.40. The molecule has 0 atom stereocenters. The zero-order chi connectivity index (χ0) is 24.3. The molecule has 0 fully saturated rings. The first-order chi connectivity index (χ1) is 16.2. The third-order valence-corrected chi connectivity index (χ3v) is 5.44.